The van der Waals surface area contributed by atoms with Crippen LogP contribution in [0.1, 0.15) is 24.8 Å². The molecule has 0 spiro atoms. The summed E-state index contributed by atoms with van der Waals surface area (Å²) in [5.74, 6) is 0. The zero-order valence-electron chi connectivity index (χ0n) is 11.4. The van der Waals surface area contributed by atoms with E-state index in [1.165, 1.54) is 31.4 Å². The van der Waals surface area contributed by atoms with Gasteiger partial charge in [0.15, 0.2) is 0 Å². The van der Waals surface area contributed by atoms with Crippen molar-refractivity contribution in [2.45, 2.75) is 31.2 Å². The maximum absolute atomic E-state index is 6.04. The number of nitrogens with one attached hydrogen (secondary N) is 1. The summed E-state index contributed by atoms with van der Waals surface area (Å²) >= 11 is 6.04. The van der Waals surface area contributed by atoms with Gasteiger partial charge in [0.2, 0.25) is 0 Å². The first-order valence-electron chi connectivity index (χ1n) is 6.77. The predicted octanol–water partition coefficient (Wildman–Crippen LogP) is 2.96. The van der Waals surface area contributed by atoms with Gasteiger partial charge in [0, 0.05) is 17.1 Å². The van der Waals surface area contributed by atoms with Crippen molar-refractivity contribution >= 4 is 11.6 Å². The summed E-state index contributed by atoms with van der Waals surface area (Å²) in [7, 11) is 4.30. The number of hydrogen-bond acceptors (Lipinski definition) is 2. The average molecular weight is 267 g/mol. The highest BCUT2D eigenvalue weighted by molar-refractivity contribution is 6.30. The van der Waals surface area contributed by atoms with Gasteiger partial charge in [0.1, 0.15) is 0 Å². The Balaban J connectivity index is 2.02. The topological polar surface area (TPSA) is 15.3 Å². The van der Waals surface area contributed by atoms with Crippen molar-refractivity contribution < 1.29 is 0 Å². The van der Waals surface area contributed by atoms with Crippen LogP contribution in [0.3, 0.4) is 0 Å². The highest BCUT2D eigenvalue weighted by Crippen LogP contribution is 2.32. The number of benzene rings is 1. The molecule has 1 aliphatic rings. The quantitative estimate of drug-likeness (QED) is 0.882. The van der Waals surface area contributed by atoms with Gasteiger partial charge in [-0.25, -0.2) is 0 Å². The van der Waals surface area contributed by atoms with Crippen LogP contribution in [0.25, 0.3) is 0 Å². The molecule has 0 bridgehead atoms. The molecule has 1 saturated heterocycles. The molecule has 2 nitrogen and oxygen atoms in total. The van der Waals surface area contributed by atoms with Gasteiger partial charge in [0.05, 0.1) is 0 Å². The number of aryl methyl sites for hydroxylation is 1. The SMILES string of the molecule is CNCC1(CCc2cccc(Cl)c2)CCCN1C. The summed E-state index contributed by atoms with van der Waals surface area (Å²) in [5.41, 5.74) is 1.68. The third-order valence-electron chi connectivity index (χ3n) is 4.22. The van der Waals surface area contributed by atoms with E-state index in [1.54, 1.807) is 0 Å². The van der Waals surface area contributed by atoms with Gasteiger partial charge in [0.25, 0.3) is 0 Å². The van der Waals surface area contributed by atoms with Crippen LogP contribution in [0.4, 0.5) is 0 Å². The van der Waals surface area contributed by atoms with Crippen molar-refractivity contribution in [3.8, 4) is 0 Å². The van der Waals surface area contributed by atoms with Crippen LogP contribution in [0, 0.1) is 0 Å². The summed E-state index contributed by atoms with van der Waals surface area (Å²) in [5, 5.41) is 4.20. The maximum Gasteiger partial charge on any atom is 0.0408 e. The summed E-state index contributed by atoms with van der Waals surface area (Å²) in [4.78, 5) is 2.52. The Morgan fingerprint density at radius 1 is 1.44 bits per heavy atom. The Morgan fingerprint density at radius 3 is 2.89 bits per heavy atom. The summed E-state index contributed by atoms with van der Waals surface area (Å²) < 4.78 is 0. The fraction of sp³-hybridized carbons (Fsp3) is 0.600. The monoisotopic (exact) mass is 266 g/mol. The molecule has 1 unspecified atom stereocenters. The zero-order valence-corrected chi connectivity index (χ0v) is 12.1. The molecular formula is C15H23ClN2. The van der Waals surface area contributed by atoms with E-state index in [1.807, 2.05) is 19.2 Å². The number of halogens is 1. The Morgan fingerprint density at radius 2 is 2.28 bits per heavy atom. The van der Waals surface area contributed by atoms with Gasteiger partial charge >= 0.3 is 0 Å². The number of hydrogen-bond donors (Lipinski definition) is 1. The highest BCUT2D eigenvalue weighted by Gasteiger charge is 2.37. The van der Waals surface area contributed by atoms with Crippen molar-refractivity contribution in [2.24, 2.45) is 0 Å². The number of likely N-dealkylation sites (tertiary alicyclic amines) is 1. The summed E-state index contributed by atoms with van der Waals surface area (Å²) in [6.45, 7) is 2.29. The molecule has 0 radical (unpaired) electrons. The smallest absolute Gasteiger partial charge is 0.0408 e. The molecule has 2 rings (SSSR count). The molecular weight excluding hydrogens is 244 g/mol. The van der Waals surface area contributed by atoms with Gasteiger partial charge in [-0.1, -0.05) is 23.7 Å². The predicted molar refractivity (Wildman–Crippen MR) is 78.3 cm³/mol. The van der Waals surface area contributed by atoms with E-state index in [9.17, 15) is 0 Å². The molecule has 1 aromatic carbocycles. The molecule has 1 atom stereocenters. The van der Waals surface area contributed by atoms with Crippen molar-refractivity contribution in [2.75, 3.05) is 27.2 Å². The molecule has 1 fully saturated rings. The van der Waals surface area contributed by atoms with Gasteiger partial charge in [-0.3, -0.25) is 4.90 Å². The van der Waals surface area contributed by atoms with E-state index in [2.05, 4.69) is 29.4 Å². The number of rotatable bonds is 5. The second-order valence-electron chi connectivity index (χ2n) is 5.41. The summed E-state index contributed by atoms with van der Waals surface area (Å²) in [6.07, 6.45) is 4.91. The van der Waals surface area contributed by atoms with Crippen LogP contribution in [-0.4, -0.2) is 37.6 Å². The molecule has 18 heavy (non-hydrogen) atoms. The van der Waals surface area contributed by atoms with Crippen LogP contribution in [0.15, 0.2) is 24.3 Å². The first kappa shape index (κ1) is 13.9. The fourth-order valence-corrected chi connectivity index (χ4v) is 3.31. The molecule has 0 amide bonds. The largest absolute Gasteiger partial charge is 0.318 e. The zero-order chi connectivity index (χ0) is 13.0. The van der Waals surface area contributed by atoms with Crippen LogP contribution >= 0.6 is 11.6 Å². The molecule has 1 aliphatic heterocycles. The number of nitrogens with zero attached hydrogens (tertiary/aromatic N) is 1. The second kappa shape index (κ2) is 6.05. The first-order valence-corrected chi connectivity index (χ1v) is 7.14. The Labute approximate surface area is 115 Å². The molecule has 3 heteroatoms. The third-order valence-corrected chi connectivity index (χ3v) is 4.45. The van der Waals surface area contributed by atoms with Gasteiger partial charge in [-0.05, 0) is 64.0 Å². The minimum Gasteiger partial charge on any atom is -0.318 e. The van der Waals surface area contributed by atoms with Crippen LogP contribution in [0.2, 0.25) is 5.02 Å². The number of likely N-dealkylation sites (N-methyl/N-ethyl adjacent to an activating group) is 2. The second-order valence-corrected chi connectivity index (χ2v) is 5.85. The minimum absolute atomic E-state index is 0.330. The van der Waals surface area contributed by atoms with E-state index in [0.717, 1.165) is 18.0 Å². The van der Waals surface area contributed by atoms with Crippen LogP contribution in [0.5, 0.6) is 0 Å². The molecule has 100 valence electrons. The minimum atomic E-state index is 0.330. The van der Waals surface area contributed by atoms with Gasteiger partial charge in [-0.2, -0.15) is 0 Å². The fourth-order valence-electron chi connectivity index (χ4n) is 3.10. The summed E-state index contributed by atoms with van der Waals surface area (Å²) in [6, 6.07) is 8.24. The third kappa shape index (κ3) is 3.05. The van der Waals surface area contributed by atoms with Gasteiger partial charge in [-0.15, -0.1) is 0 Å². The van der Waals surface area contributed by atoms with E-state index >= 15 is 0 Å². The maximum atomic E-state index is 6.04. The standard InChI is InChI=1S/C15H23ClN2/c1-17-12-15(8-4-10-18(15)2)9-7-13-5-3-6-14(16)11-13/h3,5-6,11,17H,4,7-10,12H2,1-2H3. The van der Waals surface area contributed by atoms with Crippen molar-refractivity contribution in [3.63, 3.8) is 0 Å². The van der Waals surface area contributed by atoms with E-state index in [4.69, 9.17) is 11.6 Å². The molecule has 0 aromatic heterocycles. The van der Waals surface area contributed by atoms with Gasteiger partial charge < -0.3 is 5.32 Å². The van der Waals surface area contributed by atoms with Crippen molar-refractivity contribution in [1.82, 2.24) is 10.2 Å². The average Bonchev–Trinajstić information content (AvgIpc) is 2.70. The lowest BCUT2D eigenvalue weighted by molar-refractivity contribution is 0.159. The molecule has 1 N–H and O–H groups in total. The van der Waals surface area contributed by atoms with E-state index in [0.29, 0.717) is 5.54 Å². The molecule has 1 aromatic rings. The van der Waals surface area contributed by atoms with E-state index < -0.39 is 0 Å². The van der Waals surface area contributed by atoms with Crippen molar-refractivity contribution in [3.05, 3.63) is 34.9 Å². The first-order chi connectivity index (χ1) is 8.66. The van der Waals surface area contributed by atoms with Crippen LogP contribution in [-0.2, 0) is 6.42 Å². The lowest BCUT2D eigenvalue weighted by Gasteiger charge is -2.36. The lowest BCUT2D eigenvalue weighted by Crippen LogP contribution is -2.48. The lowest BCUT2D eigenvalue weighted by atomic mass is 9.88. The normalized spacial score (nSPS) is 24.6. The highest BCUT2D eigenvalue weighted by atomic mass is 35.5. The molecule has 1 heterocycles. The molecule has 0 saturated carbocycles. The molecule has 0 aliphatic carbocycles. The Kier molecular flexibility index (Phi) is 4.66. The van der Waals surface area contributed by atoms with Crippen LogP contribution < -0.4 is 5.32 Å². The van der Waals surface area contributed by atoms with Crippen molar-refractivity contribution in [1.29, 1.82) is 0 Å². The Bertz CT molecular complexity index is 394. The van der Waals surface area contributed by atoms with E-state index in [-0.39, 0.29) is 0 Å². The Hall–Kier alpha value is -0.570.